The van der Waals surface area contributed by atoms with Gasteiger partial charge in [-0.2, -0.15) is 4.31 Å². The van der Waals surface area contributed by atoms with E-state index in [4.69, 9.17) is 0 Å². The maximum absolute atomic E-state index is 13.1. The Bertz CT molecular complexity index is 1190. The van der Waals surface area contributed by atoms with E-state index in [-0.39, 0.29) is 22.4 Å². The minimum Gasteiger partial charge on any atom is -0.325 e. The molecule has 2 aromatic rings. The zero-order chi connectivity index (χ0) is 22.2. The van der Waals surface area contributed by atoms with E-state index in [0.29, 0.717) is 18.5 Å². The molecule has 2 N–H and O–H groups in total. The van der Waals surface area contributed by atoms with E-state index < -0.39 is 32.0 Å². The molecule has 0 unspecified atom stereocenters. The lowest BCUT2D eigenvalue weighted by atomic mass is 10.2. The Morgan fingerprint density at radius 1 is 0.968 bits per heavy atom. The van der Waals surface area contributed by atoms with Crippen LogP contribution in [0.4, 0.5) is 5.69 Å². The maximum atomic E-state index is 13.1. The summed E-state index contributed by atoms with van der Waals surface area (Å²) in [4.78, 5) is 13.1. The minimum atomic E-state index is -3.81. The molecule has 1 saturated heterocycles. The first-order valence-electron chi connectivity index (χ1n) is 10.2. The highest BCUT2D eigenvalue weighted by atomic mass is 32.2. The van der Waals surface area contributed by atoms with Gasteiger partial charge in [0.15, 0.2) is 0 Å². The van der Waals surface area contributed by atoms with Crippen LogP contribution in [0, 0.1) is 6.92 Å². The van der Waals surface area contributed by atoms with Gasteiger partial charge in [-0.05, 0) is 62.9 Å². The summed E-state index contributed by atoms with van der Waals surface area (Å²) in [6, 6.07) is 11.6. The second kappa shape index (κ2) is 8.34. The molecule has 1 heterocycles. The second-order valence-electron chi connectivity index (χ2n) is 8.00. The highest BCUT2D eigenvalue weighted by Gasteiger charge is 2.39. The molecule has 0 aromatic heterocycles. The van der Waals surface area contributed by atoms with Crippen LogP contribution in [-0.2, 0) is 24.8 Å². The SMILES string of the molecule is Cc1ccc(S(=O)(=O)N2CCC[C@H]2C(=O)Nc2cccc(S(=O)(=O)NC3CC3)c2)cc1. The van der Waals surface area contributed by atoms with Crippen LogP contribution >= 0.6 is 0 Å². The van der Waals surface area contributed by atoms with Crippen molar-refractivity contribution in [1.82, 2.24) is 9.03 Å². The van der Waals surface area contributed by atoms with E-state index in [2.05, 4.69) is 10.0 Å². The van der Waals surface area contributed by atoms with E-state index in [9.17, 15) is 21.6 Å². The van der Waals surface area contributed by atoms with E-state index in [1.54, 1.807) is 36.4 Å². The third-order valence-corrected chi connectivity index (χ3v) is 8.89. The molecule has 166 valence electrons. The van der Waals surface area contributed by atoms with Crippen molar-refractivity contribution in [3.63, 3.8) is 0 Å². The van der Waals surface area contributed by atoms with Gasteiger partial charge >= 0.3 is 0 Å². The van der Waals surface area contributed by atoms with Crippen molar-refractivity contribution >= 4 is 31.6 Å². The monoisotopic (exact) mass is 463 g/mol. The molecule has 0 radical (unpaired) electrons. The average molecular weight is 464 g/mol. The van der Waals surface area contributed by atoms with Crippen molar-refractivity contribution in [3.05, 3.63) is 54.1 Å². The summed E-state index contributed by atoms with van der Waals surface area (Å²) in [5.41, 5.74) is 1.25. The number of rotatable bonds is 7. The van der Waals surface area contributed by atoms with Gasteiger partial charge in [-0.1, -0.05) is 23.8 Å². The van der Waals surface area contributed by atoms with Crippen molar-refractivity contribution in [1.29, 1.82) is 0 Å². The van der Waals surface area contributed by atoms with Crippen LogP contribution in [0.1, 0.15) is 31.2 Å². The number of carbonyl (C=O) groups is 1. The van der Waals surface area contributed by atoms with Gasteiger partial charge in [0, 0.05) is 18.3 Å². The number of sulfonamides is 2. The van der Waals surface area contributed by atoms with Crippen LogP contribution in [0.5, 0.6) is 0 Å². The molecule has 10 heteroatoms. The molecule has 1 atom stereocenters. The number of nitrogens with one attached hydrogen (secondary N) is 2. The largest absolute Gasteiger partial charge is 0.325 e. The molecule has 1 saturated carbocycles. The Kier molecular flexibility index (Phi) is 5.91. The molecule has 1 aliphatic carbocycles. The molecule has 1 aliphatic heterocycles. The molecule has 0 spiro atoms. The molecule has 8 nitrogen and oxygen atoms in total. The lowest BCUT2D eigenvalue weighted by molar-refractivity contribution is -0.119. The summed E-state index contributed by atoms with van der Waals surface area (Å²) in [7, 11) is -7.47. The molecule has 2 aromatic carbocycles. The van der Waals surface area contributed by atoms with Gasteiger partial charge in [-0.25, -0.2) is 21.6 Å². The van der Waals surface area contributed by atoms with Crippen LogP contribution in [-0.4, -0.2) is 45.7 Å². The van der Waals surface area contributed by atoms with Crippen LogP contribution in [0.15, 0.2) is 58.3 Å². The first-order valence-corrected chi connectivity index (χ1v) is 13.1. The lowest BCUT2D eigenvalue weighted by Crippen LogP contribution is -2.43. The fourth-order valence-corrected chi connectivity index (χ4v) is 6.60. The number of anilines is 1. The quantitative estimate of drug-likeness (QED) is 0.654. The van der Waals surface area contributed by atoms with Gasteiger partial charge in [-0.15, -0.1) is 0 Å². The first-order chi connectivity index (χ1) is 14.7. The highest BCUT2D eigenvalue weighted by Crippen LogP contribution is 2.28. The number of amides is 1. The molecule has 0 bridgehead atoms. The lowest BCUT2D eigenvalue weighted by Gasteiger charge is -2.23. The van der Waals surface area contributed by atoms with Gasteiger partial charge in [-0.3, -0.25) is 4.79 Å². The summed E-state index contributed by atoms with van der Waals surface area (Å²) in [6.45, 7) is 2.13. The summed E-state index contributed by atoms with van der Waals surface area (Å²) >= 11 is 0. The van der Waals surface area contributed by atoms with Gasteiger partial charge in [0.05, 0.1) is 9.79 Å². The Morgan fingerprint density at radius 2 is 1.68 bits per heavy atom. The predicted octanol–water partition coefficient (Wildman–Crippen LogP) is 2.23. The Hall–Kier alpha value is -2.27. The van der Waals surface area contributed by atoms with Crippen molar-refractivity contribution in [2.45, 2.75) is 54.5 Å². The normalized spacial score (nSPS) is 20.0. The van der Waals surface area contributed by atoms with Crippen LogP contribution in [0.25, 0.3) is 0 Å². The smallest absolute Gasteiger partial charge is 0.243 e. The van der Waals surface area contributed by atoms with Gasteiger partial charge in [0.2, 0.25) is 26.0 Å². The number of carbonyl (C=O) groups excluding carboxylic acids is 1. The summed E-state index contributed by atoms with van der Waals surface area (Å²) in [5, 5.41) is 2.69. The van der Waals surface area contributed by atoms with E-state index in [1.165, 1.54) is 16.4 Å². The van der Waals surface area contributed by atoms with E-state index in [1.807, 2.05) is 6.92 Å². The average Bonchev–Trinajstić information content (AvgIpc) is 3.37. The second-order valence-corrected chi connectivity index (χ2v) is 11.6. The van der Waals surface area contributed by atoms with E-state index in [0.717, 1.165) is 18.4 Å². The standard InChI is InChI=1S/C21H25N3O5S2/c1-15-7-11-18(12-8-15)31(28,29)24-13-3-6-20(24)21(25)22-17-4-2-5-19(14-17)30(26,27)23-16-9-10-16/h2,4-5,7-8,11-12,14,16,20,23H,3,6,9-10,13H2,1H3,(H,22,25)/t20-/m0/s1. The Morgan fingerprint density at radius 3 is 2.35 bits per heavy atom. The topological polar surface area (TPSA) is 113 Å². The molecule has 1 amide bonds. The van der Waals surface area contributed by atoms with Crippen molar-refractivity contribution in [2.75, 3.05) is 11.9 Å². The maximum Gasteiger partial charge on any atom is 0.243 e. The fourth-order valence-electron chi connectivity index (χ4n) is 3.59. The zero-order valence-electron chi connectivity index (χ0n) is 17.1. The van der Waals surface area contributed by atoms with Crippen LogP contribution in [0.2, 0.25) is 0 Å². The summed E-state index contributed by atoms with van der Waals surface area (Å²) < 4.78 is 54.8. The van der Waals surface area contributed by atoms with Crippen LogP contribution in [0.3, 0.4) is 0 Å². The van der Waals surface area contributed by atoms with Crippen molar-refractivity contribution in [2.24, 2.45) is 0 Å². The van der Waals surface area contributed by atoms with Gasteiger partial charge < -0.3 is 5.32 Å². The summed E-state index contributed by atoms with van der Waals surface area (Å²) in [5.74, 6) is -0.474. The minimum absolute atomic E-state index is 0.0257. The number of hydrogen-bond donors (Lipinski definition) is 2. The van der Waals surface area contributed by atoms with Gasteiger partial charge in [0.25, 0.3) is 0 Å². The molecular formula is C21H25N3O5S2. The summed E-state index contributed by atoms with van der Waals surface area (Å²) in [6.07, 6.45) is 2.62. The zero-order valence-corrected chi connectivity index (χ0v) is 18.7. The third-order valence-electron chi connectivity index (χ3n) is 5.44. The molecule has 4 rings (SSSR count). The molecular weight excluding hydrogens is 438 g/mol. The predicted molar refractivity (Wildman–Crippen MR) is 117 cm³/mol. The number of benzene rings is 2. The van der Waals surface area contributed by atoms with Crippen molar-refractivity contribution in [3.8, 4) is 0 Å². The van der Waals surface area contributed by atoms with Crippen LogP contribution < -0.4 is 10.0 Å². The molecule has 31 heavy (non-hydrogen) atoms. The number of aryl methyl sites for hydroxylation is 1. The number of hydrogen-bond acceptors (Lipinski definition) is 5. The molecule has 2 aliphatic rings. The Balaban J connectivity index is 1.51. The fraction of sp³-hybridized carbons (Fsp3) is 0.381. The van der Waals surface area contributed by atoms with E-state index >= 15 is 0 Å². The Labute approximate surface area is 182 Å². The first kappa shape index (κ1) is 21.9. The number of nitrogens with zero attached hydrogens (tertiary/aromatic N) is 1. The van der Waals surface area contributed by atoms with Crippen molar-refractivity contribution < 1.29 is 21.6 Å². The third kappa shape index (κ3) is 4.82. The van der Waals surface area contributed by atoms with Gasteiger partial charge in [0.1, 0.15) is 6.04 Å². The molecule has 2 fully saturated rings. The highest BCUT2D eigenvalue weighted by molar-refractivity contribution is 7.89.